The average Bonchev–Trinajstić information content (AvgIpc) is 2.64. The standard InChI is InChI=1S/C21H24ClN3/c1-18(15-19-7-3-2-4-8-19)16-23-25-13-11-24(12-14-25)17-20-9-5-6-10-21(20)22/h2-10,15-16H,11-14,17H2,1H3/b18-15+,23-16?. The van der Waals surface area contributed by atoms with Gasteiger partial charge in [-0.3, -0.25) is 9.91 Å². The van der Waals surface area contributed by atoms with Crippen molar-refractivity contribution in [2.45, 2.75) is 13.5 Å². The summed E-state index contributed by atoms with van der Waals surface area (Å²) < 4.78 is 0. The molecule has 1 saturated heterocycles. The second-order valence-electron chi connectivity index (χ2n) is 6.36. The van der Waals surface area contributed by atoms with Gasteiger partial charge < -0.3 is 0 Å². The van der Waals surface area contributed by atoms with Gasteiger partial charge in [-0.25, -0.2) is 0 Å². The van der Waals surface area contributed by atoms with Crippen LogP contribution in [0.25, 0.3) is 6.08 Å². The second kappa shape index (κ2) is 8.84. The van der Waals surface area contributed by atoms with Crippen LogP contribution >= 0.6 is 11.6 Å². The minimum Gasteiger partial charge on any atom is -0.295 e. The minimum atomic E-state index is 0.852. The molecule has 0 N–H and O–H groups in total. The lowest BCUT2D eigenvalue weighted by Gasteiger charge is -2.33. The molecule has 1 aliphatic rings. The molecule has 0 spiro atoms. The Kier molecular flexibility index (Phi) is 6.26. The number of nitrogens with zero attached hydrogens (tertiary/aromatic N) is 3. The molecule has 3 rings (SSSR count). The summed E-state index contributed by atoms with van der Waals surface area (Å²) in [6.45, 7) is 6.89. The maximum absolute atomic E-state index is 6.26. The topological polar surface area (TPSA) is 18.8 Å². The Morgan fingerprint density at radius 2 is 1.68 bits per heavy atom. The van der Waals surface area contributed by atoms with Gasteiger partial charge in [0.25, 0.3) is 0 Å². The molecule has 0 saturated carbocycles. The number of hydrogen-bond acceptors (Lipinski definition) is 3. The summed E-state index contributed by atoms with van der Waals surface area (Å²) in [6.07, 6.45) is 4.11. The van der Waals surface area contributed by atoms with Crippen LogP contribution in [-0.2, 0) is 6.54 Å². The van der Waals surface area contributed by atoms with Gasteiger partial charge in [0.2, 0.25) is 0 Å². The smallest absolute Gasteiger partial charge is 0.0499 e. The van der Waals surface area contributed by atoms with Gasteiger partial charge in [0.05, 0.1) is 0 Å². The summed E-state index contributed by atoms with van der Waals surface area (Å²) in [7, 11) is 0. The normalized spacial score (nSPS) is 16.6. The van der Waals surface area contributed by atoms with Crippen LogP contribution in [0.15, 0.2) is 65.3 Å². The van der Waals surface area contributed by atoms with Crippen LogP contribution in [-0.4, -0.2) is 42.3 Å². The van der Waals surface area contributed by atoms with Gasteiger partial charge in [-0.15, -0.1) is 0 Å². The second-order valence-corrected chi connectivity index (χ2v) is 6.77. The third-order valence-corrected chi connectivity index (χ3v) is 4.69. The number of piperazine rings is 1. The number of allylic oxidation sites excluding steroid dienone is 1. The molecule has 1 fully saturated rings. The van der Waals surface area contributed by atoms with Crippen molar-refractivity contribution >= 4 is 23.9 Å². The molecule has 0 aromatic heterocycles. The van der Waals surface area contributed by atoms with E-state index in [1.165, 1.54) is 11.1 Å². The molecule has 3 nitrogen and oxygen atoms in total. The molecule has 0 aliphatic carbocycles. The van der Waals surface area contributed by atoms with E-state index in [4.69, 9.17) is 11.6 Å². The molecule has 0 atom stereocenters. The molecule has 1 heterocycles. The van der Waals surface area contributed by atoms with E-state index in [0.717, 1.165) is 43.3 Å². The number of hydrogen-bond donors (Lipinski definition) is 0. The largest absolute Gasteiger partial charge is 0.295 e. The molecule has 0 amide bonds. The average molecular weight is 354 g/mol. The van der Waals surface area contributed by atoms with Crippen molar-refractivity contribution in [3.63, 3.8) is 0 Å². The minimum absolute atomic E-state index is 0.852. The first-order chi connectivity index (χ1) is 12.2. The van der Waals surface area contributed by atoms with Gasteiger partial charge >= 0.3 is 0 Å². The van der Waals surface area contributed by atoms with Crippen LogP contribution in [0.2, 0.25) is 5.02 Å². The first kappa shape index (κ1) is 17.7. The highest BCUT2D eigenvalue weighted by Gasteiger charge is 2.16. The summed E-state index contributed by atoms with van der Waals surface area (Å²) in [4.78, 5) is 2.43. The Morgan fingerprint density at radius 1 is 1.00 bits per heavy atom. The fourth-order valence-electron chi connectivity index (χ4n) is 2.90. The molecule has 1 aliphatic heterocycles. The predicted molar refractivity (Wildman–Crippen MR) is 107 cm³/mol. The molecule has 2 aromatic rings. The van der Waals surface area contributed by atoms with Crippen molar-refractivity contribution in [2.24, 2.45) is 5.10 Å². The Hall–Kier alpha value is -2.10. The first-order valence-corrected chi connectivity index (χ1v) is 9.06. The number of halogens is 1. The Bertz CT molecular complexity index is 732. The van der Waals surface area contributed by atoms with Gasteiger partial charge in [0.1, 0.15) is 0 Å². The van der Waals surface area contributed by atoms with Gasteiger partial charge in [-0.1, -0.05) is 66.2 Å². The third kappa shape index (κ3) is 5.45. The van der Waals surface area contributed by atoms with E-state index in [2.05, 4.69) is 58.3 Å². The molecule has 4 heteroatoms. The molecule has 130 valence electrons. The number of rotatable bonds is 5. The lowest BCUT2D eigenvalue weighted by molar-refractivity contribution is 0.131. The molecule has 0 radical (unpaired) electrons. The van der Waals surface area contributed by atoms with Crippen LogP contribution in [0.5, 0.6) is 0 Å². The highest BCUT2D eigenvalue weighted by atomic mass is 35.5. The molecule has 2 aromatic carbocycles. The van der Waals surface area contributed by atoms with Crippen molar-refractivity contribution < 1.29 is 0 Å². The predicted octanol–water partition coefficient (Wildman–Crippen LogP) is 4.55. The van der Waals surface area contributed by atoms with E-state index in [1.54, 1.807) is 0 Å². The van der Waals surface area contributed by atoms with Crippen molar-refractivity contribution in [2.75, 3.05) is 26.2 Å². The summed E-state index contributed by atoms with van der Waals surface area (Å²) >= 11 is 6.26. The van der Waals surface area contributed by atoms with Crippen molar-refractivity contribution in [1.82, 2.24) is 9.91 Å². The highest BCUT2D eigenvalue weighted by Crippen LogP contribution is 2.18. The first-order valence-electron chi connectivity index (χ1n) is 8.69. The monoisotopic (exact) mass is 353 g/mol. The maximum Gasteiger partial charge on any atom is 0.0499 e. The zero-order chi connectivity index (χ0) is 17.5. The van der Waals surface area contributed by atoms with Gasteiger partial charge in [-0.05, 0) is 29.7 Å². The zero-order valence-electron chi connectivity index (χ0n) is 14.6. The van der Waals surface area contributed by atoms with E-state index < -0.39 is 0 Å². The van der Waals surface area contributed by atoms with Gasteiger partial charge in [-0.2, -0.15) is 5.10 Å². The van der Waals surface area contributed by atoms with Crippen LogP contribution in [0.3, 0.4) is 0 Å². The zero-order valence-corrected chi connectivity index (χ0v) is 15.4. The van der Waals surface area contributed by atoms with Crippen molar-refractivity contribution in [3.8, 4) is 0 Å². The lowest BCUT2D eigenvalue weighted by Crippen LogP contribution is -2.43. The quantitative estimate of drug-likeness (QED) is 0.734. The molecular formula is C21H24ClN3. The van der Waals surface area contributed by atoms with Crippen molar-refractivity contribution in [3.05, 3.63) is 76.3 Å². The van der Waals surface area contributed by atoms with E-state index in [1.807, 2.05) is 30.5 Å². The van der Waals surface area contributed by atoms with Crippen LogP contribution in [0.1, 0.15) is 18.1 Å². The molecular weight excluding hydrogens is 330 g/mol. The SMILES string of the molecule is C/C(C=NN1CCN(Cc2ccccc2Cl)CC1)=C\c1ccccc1. The molecule has 0 bridgehead atoms. The summed E-state index contributed by atoms with van der Waals surface area (Å²) in [5.41, 5.74) is 3.56. The lowest BCUT2D eigenvalue weighted by atomic mass is 10.1. The van der Waals surface area contributed by atoms with Gasteiger partial charge in [0.15, 0.2) is 0 Å². The Balaban J connectivity index is 1.49. The summed E-state index contributed by atoms with van der Waals surface area (Å²) in [5, 5.41) is 7.62. The Labute approximate surface area is 155 Å². The van der Waals surface area contributed by atoms with Crippen LogP contribution in [0.4, 0.5) is 0 Å². The summed E-state index contributed by atoms with van der Waals surface area (Å²) in [6, 6.07) is 18.4. The summed E-state index contributed by atoms with van der Waals surface area (Å²) in [5.74, 6) is 0. The van der Waals surface area contributed by atoms with Crippen LogP contribution in [0, 0.1) is 0 Å². The van der Waals surface area contributed by atoms with Crippen LogP contribution < -0.4 is 0 Å². The van der Waals surface area contributed by atoms with E-state index in [0.29, 0.717) is 0 Å². The van der Waals surface area contributed by atoms with E-state index in [9.17, 15) is 0 Å². The number of benzene rings is 2. The van der Waals surface area contributed by atoms with Gasteiger partial charge in [0, 0.05) is 44.0 Å². The third-order valence-electron chi connectivity index (χ3n) is 4.32. The molecule has 0 unspecified atom stereocenters. The Morgan fingerprint density at radius 3 is 2.40 bits per heavy atom. The number of hydrazone groups is 1. The fourth-order valence-corrected chi connectivity index (χ4v) is 3.10. The maximum atomic E-state index is 6.26. The van der Waals surface area contributed by atoms with E-state index >= 15 is 0 Å². The van der Waals surface area contributed by atoms with E-state index in [-0.39, 0.29) is 0 Å². The fraction of sp³-hybridized carbons (Fsp3) is 0.286. The highest BCUT2D eigenvalue weighted by molar-refractivity contribution is 6.31. The van der Waals surface area contributed by atoms with Crippen molar-refractivity contribution in [1.29, 1.82) is 0 Å². The molecule has 25 heavy (non-hydrogen) atoms.